The van der Waals surface area contributed by atoms with Crippen LogP contribution in [0.15, 0.2) is 18.2 Å². The molecule has 0 saturated carbocycles. The number of nitrogens with one attached hydrogen (secondary N) is 1. The molecule has 0 radical (unpaired) electrons. The highest BCUT2D eigenvalue weighted by molar-refractivity contribution is 7.85. The van der Waals surface area contributed by atoms with Crippen molar-refractivity contribution in [2.75, 3.05) is 22.6 Å². The van der Waals surface area contributed by atoms with Crippen molar-refractivity contribution in [3.63, 3.8) is 0 Å². The van der Waals surface area contributed by atoms with E-state index in [1.807, 2.05) is 0 Å². The summed E-state index contributed by atoms with van der Waals surface area (Å²) in [7, 11) is -0.674. The molecule has 0 atom stereocenters. The van der Waals surface area contributed by atoms with Crippen molar-refractivity contribution in [3.8, 4) is 0 Å². The molecule has 5 heteroatoms. The van der Waals surface area contributed by atoms with Gasteiger partial charge in [0.15, 0.2) is 0 Å². The Hall–Kier alpha value is -1.10. The summed E-state index contributed by atoms with van der Waals surface area (Å²) in [6.07, 6.45) is 1.70. The molecule has 1 saturated heterocycles. The zero-order valence-electron chi connectivity index (χ0n) is 8.91. The molecule has 3 N–H and O–H groups in total. The zero-order chi connectivity index (χ0) is 11.5. The third-order valence-electron chi connectivity index (χ3n) is 2.80. The Balaban J connectivity index is 2.04. The summed E-state index contributed by atoms with van der Waals surface area (Å²) < 4.78 is 24.4. The Morgan fingerprint density at radius 1 is 1.38 bits per heavy atom. The van der Waals surface area contributed by atoms with Crippen LogP contribution in [0.3, 0.4) is 0 Å². The lowest BCUT2D eigenvalue weighted by molar-refractivity contribution is 0.619. The molecule has 1 aliphatic rings. The van der Waals surface area contributed by atoms with Crippen LogP contribution < -0.4 is 11.1 Å². The fraction of sp³-hybridized carbons (Fsp3) is 0.455. The first kappa shape index (κ1) is 11.4. The van der Waals surface area contributed by atoms with Crippen LogP contribution in [-0.4, -0.2) is 21.8 Å². The van der Waals surface area contributed by atoms with Crippen molar-refractivity contribution in [3.05, 3.63) is 24.0 Å². The molecule has 88 valence electrons. The average Bonchev–Trinajstić information content (AvgIpc) is 2.28. The Labute approximate surface area is 96.7 Å². The highest BCUT2D eigenvalue weighted by Crippen LogP contribution is 2.24. The van der Waals surface area contributed by atoms with Crippen LogP contribution in [0.4, 0.5) is 15.8 Å². The Bertz CT molecular complexity index is 401. The fourth-order valence-corrected chi connectivity index (χ4v) is 3.12. The van der Waals surface area contributed by atoms with Gasteiger partial charge in [-0.2, -0.15) is 0 Å². The smallest absolute Gasteiger partial charge is 0.148 e. The summed E-state index contributed by atoms with van der Waals surface area (Å²) in [5.41, 5.74) is 6.43. The molecule has 3 nitrogen and oxygen atoms in total. The molecule has 0 amide bonds. The number of anilines is 2. The lowest BCUT2D eigenvalue weighted by Crippen LogP contribution is -2.29. The SMILES string of the molecule is Nc1c(F)cccc1NC1CCS(=O)CC1. The van der Waals surface area contributed by atoms with E-state index in [1.54, 1.807) is 12.1 Å². The summed E-state index contributed by atoms with van der Waals surface area (Å²) >= 11 is 0. The summed E-state index contributed by atoms with van der Waals surface area (Å²) in [5, 5.41) is 3.21. The minimum absolute atomic E-state index is 0.161. The van der Waals surface area contributed by atoms with Crippen LogP contribution in [0.2, 0.25) is 0 Å². The number of nitrogen functional groups attached to an aromatic ring is 1. The largest absolute Gasteiger partial charge is 0.395 e. The van der Waals surface area contributed by atoms with Gasteiger partial charge in [0.2, 0.25) is 0 Å². The van der Waals surface area contributed by atoms with Crippen LogP contribution in [0.1, 0.15) is 12.8 Å². The first-order valence-corrected chi connectivity index (χ1v) is 6.81. The molecule has 1 aliphatic heterocycles. The molecule has 0 bridgehead atoms. The van der Waals surface area contributed by atoms with Gasteiger partial charge in [0.25, 0.3) is 0 Å². The number of benzene rings is 1. The lowest BCUT2D eigenvalue weighted by Gasteiger charge is -2.24. The number of nitrogens with two attached hydrogens (primary N) is 1. The van der Waals surface area contributed by atoms with Crippen LogP contribution in [-0.2, 0) is 10.8 Å². The number of rotatable bonds is 2. The second kappa shape index (κ2) is 4.82. The van der Waals surface area contributed by atoms with E-state index in [0.717, 1.165) is 12.8 Å². The first-order valence-electron chi connectivity index (χ1n) is 5.32. The number of halogens is 1. The second-order valence-corrected chi connectivity index (χ2v) is 5.66. The van der Waals surface area contributed by atoms with Crippen LogP contribution in [0, 0.1) is 5.82 Å². The maximum atomic E-state index is 13.2. The van der Waals surface area contributed by atoms with Gasteiger partial charge in [-0.05, 0) is 25.0 Å². The Morgan fingerprint density at radius 3 is 2.75 bits per heavy atom. The van der Waals surface area contributed by atoms with E-state index in [1.165, 1.54) is 6.07 Å². The van der Waals surface area contributed by atoms with E-state index in [2.05, 4.69) is 5.32 Å². The van der Waals surface area contributed by atoms with Gasteiger partial charge in [0.1, 0.15) is 5.82 Å². The number of hydrogen-bond acceptors (Lipinski definition) is 3. The van der Waals surface area contributed by atoms with E-state index in [0.29, 0.717) is 17.2 Å². The van der Waals surface area contributed by atoms with E-state index in [4.69, 9.17) is 5.73 Å². The topological polar surface area (TPSA) is 55.1 Å². The summed E-state index contributed by atoms with van der Waals surface area (Å²) in [5.74, 6) is 1.03. The standard InChI is InChI=1S/C11H15FN2OS/c12-9-2-1-3-10(11(9)13)14-8-4-6-16(15)7-5-8/h1-3,8,14H,4-7,13H2. The van der Waals surface area contributed by atoms with Gasteiger partial charge >= 0.3 is 0 Å². The molecule has 1 heterocycles. The third-order valence-corrected chi connectivity index (χ3v) is 4.18. The van der Waals surface area contributed by atoms with Gasteiger partial charge in [-0.25, -0.2) is 4.39 Å². The van der Waals surface area contributed by atoms with Crippen molar-refractivity contribution in [2.24, 2.45) is 0 Å². The highest BCUT2D eigenvalue weighted by Gasteiger charge is 2.18. The van der Waals surface area contributed by atoms with Gasteiger partial charge in [-0.1, -0.05) is 6.07 Å². The van der Waals surface area contributed by atoms with Gasteiger partial charge in [0.05, 0.1) is 11.4 Å². The van der Waals surface area contributed by atoms with Crippen LogP contribution in [0.5, 0.6) is 0 Å². The summed E-state index contributed by atoms with van der Waals surface area (Å²) in [6.45, 7) is 0. The van der Waals surface area contributed by atoms with Gasteiger partial charge in [-0.3, -0.25) is 4.21 Å². The molecule has 0 aromatic heterocycles. The number of para-hydroxylation sites is 1. The van der Waals surface area contributed by atoms with E-state index >= 15 is 0 Å². The molecule has 0 unspecified atom stereocenters. The highest BCUT2D eigenvalue weighted by atomic mass is 32.2. The van der Waals surface area contributed by atoms with Gasteiger partial charge < -0.3 is 11.1 Å². The normalized spacial score (nSPS) is 25.3. The Kier molecular flexibility index (Phi) is 3.43. The molecule has 1 fully saturated rings. The van der Waals surface area contributed by atoms with Crippen molar-refractivity contribution < 1.29 is 8.60 Å². The van der Waals surface area contributed by atoms with Crippen molar-refractivity contribution >= 4 is 22.2 Å². The summed E-state index contributed by atoms with van der Waals surface area (Å²) in [4.78, 5) is 0. The van der Waals surface area contributed by atoms with Crippen molar-refractivity contribution in [1.29, 1.82) is 0 Å². The molecule has 16 heavy (non-hydrogen) atoms. The Morgan fingerprint density at radius 2 is 2.06 bits per heavy atom. The predicted molar refractivity (Wildman–Crippen MR) is 65.3 cm³/mol. The maximum absolute atomic E-state index is 13.2. The van der Waals surface area contributed by atoms with Crippen molar-refractivity contribution in [1.82, 2.24) is 0 Å². The zero-order valence-corrected chi connectivity index (χ0v) is 9.73. The monoisotopic (exact) mass is 242 g/mol. The fourth-order valence-electron chi connectivity index (χ4n) is 1.82. The van der Waals surface area contributed by atoms with E-state index < -0.39 is 16.6 Å². The molecule has 0 spiro atoms. The molecule has 1 aromatic rings. The molecule has 2 rings (SSSR count). The third kappa shape index (κ3) is 2.52. The lowest BCUT2D eigenvalue weighted by atomic mass is 10.1. The first-order chi connectivity index (χ1) is 7.66. The predicted octanol–water partition coefficient (Wildman–Crippen LogP) is 1.73. The van der Waals surface area contributed by atoms with Crippen LogP contribution in [0.25, 0.3) is 0 Å². The maximum Gasteiger partial charge on any atom is 0.148 e. The average molecular weight is 242 g/mol. The minimum atomic E-state index is -0.674. The van der Waals surface area contributed by atoms with Gasteiger partial charge in [0, 0.05) is 28.3 Å². The minimum Gasteiger partial charge on any atom is -0.395 e. The van der Waals surface area contributed by atoms with Crippen molar-refractivity contribution in [2.45, 2.75) is 18.9 Å². The second-order valence-electron chi connectivity index (χ2n) is 3.97. The van der Waals surface area contributed by atoms with Crippen LogP contribution >= 0.6 is 0 Å². The molecule has 1 aromatic carbocycles. The number of hydrogen-bond donors (Lipinski definition) is 2. The molecular weight excluding hydrogens is 227 g/mol. The summed E-state index contributed by atoms with van der Waals surface area (Å²) in [6, 6.07) is 5.00. The van der Waals surface area contributed by atoms with E-state index in [9.17, 15) is 8.60 Å². The molecular formula is C11H15FN2OS. The van der Waals surface area contributed by atoms with Gasteiger partial charge in [-0.15, -0.1) is 0 Å². The molecule has 0 aliphatic carbocycles. The van der Waals surface area contributed by atoms with E-state index in [-0.39, 0.29) is 11.7 Å². The quantitative estimate of drug-likeness (QED) is 0.777.